The van der Waals surface area contributed by atoms with Gasteiger partial charge in [-0.05, 0) is 31.2 Å². The van der Waals surface area contributed by atoms with Gasteiger partial charge < -0.3 is 10.2 Å². The molecule has 0 aromatic heterocycles. The number of thioether (sulfide) groups is 1. The van der Waals surface area contributed by atoms with E-state index in [4.69, 9.17) is 4.99 Å². The molecule has 1 N–H and O–H groups in total. The van der Waals surface area contributed by atoms with Gasteiger partial charge >= 0.3 is 0 Å². The average Bonchev–Trinajstić information content (AvgIpc) is 3.23. The molecule has 1 amide bonds. The summed E-state index contributed by atoms with van der Waals surface area (Å²) in [5.41, 5.74) is 2.62. The standard InChI is InChI=1S/C25H34F2N4OS/c1-4-13-33-17(2)24-29-15-20(21(28-3)11-8-12-23(26)27)22-14-19(16-31(22)24)30-25(32)18-9-6-5-7-10-18/h4,8,11,13,18-19,23H,2,5-7,9-10,12,14-16H2,1,3H3,(H,30,32)/b11-8-,13-4-,28-21?. The van der Waals surface area contributed by atoms with Crippen LogP contribution in [-0.2, 0) is 4.79 Å². The van der Waals surface area contributed by atoms with Crippen molar-refractivity contribution >= 4 is 29.2 Å². The SMILES string of the molecule is C=C(S/C=C\C)C1=NCC(C(/C=C\CC(F)F)=NC)=C2CC(NC(=O)C3CCCCC3)CN12. The number of hydrogen-bond donors (Lipinski definition) is 1. The quantitative estimate of drug-likeness (QED) is 0.448. The fraction of sp³-hybridized carbons (Fsp3) is 0.560. The van der Waals surface area contributed by atoms with Gasteiger partial charge in [-0.15, -0.1) is 0 Å². The number of allylic oxidation sites excluding steroid dienone is 3. The van der Waals surface area contributed by atoms with Crippen molar-refractivity contribution in [2.24, 2.45) is 15.9 Å². The zero-order chi connectivity index (χ0) is 23.8. The molecule has 0 bridgehead atoms. The van der Waals surface area contributed by atoms with E-state index in [-0.39, 0.29) is 24.3 Å². The lowest BCUT2D eigenvalue weighted by atomic mass is 9.88. The Morgan fingerprint density at radius 2 is 2.12 bits per heavy atom. The summed E-state index contributed by atoms with van der Waals surface area (Å²) in [5.74, 6) is 1.05. The summed E-state index contributed by atoms with van der Waals surface area (Å²) in [5, 5.41) is 5.23. The molecule has 3 aliphatic rings. The molecule has 0 aromatic carbocycles. The summed E-state index contributed by atoms with van der Waals surface area (Å²) in [6.07, 6.45) is 8.40. The molecular formula is C25H34F2N4OS. The number of amidine groups is 1. The molecule has 5 nitrogen and oxygen atoms in total. The minimum Gasteiger partial charge on any atom is -0.351 e. The van der Waals surface area contributed by atoms with Gasteiger partial charge in [-0.3, -0.25) is 14.8 Å². The van der Waals surface area contributed by atoms with Gasteiger partial charge in [-0.25, -0.2) is 8.78 Å². The van der Waals surface area contributed by atoms with Crippen molar-refractivity contribution in [2.75, 3.05) is 20.1 Å². The molecule has 2 aliphatic heterocycles. The van der Waals surface area contributed by atoms with Crippen molar-refractivity contribution in [2.45, 2.75) is 64.3 Å². The predicted octanol–water partition coefficient (Wildman–Crippen LogP) is 5.49. The topological polar surface area (TPSA) is 57.1 Å². The van der Waals surface area contributed by atoms with Gasteiger partial charge in [0.25, 0.3) is 0 Å². The first-order valence-electron chi connectivity index (χ1n) is 11.7. The summed E-state index contributed by atoms with van der Waals surface area (Å²) in [7, 11) is 1.66. The van der Waals surface area contributed by atoms with Crippen molar-refractivity contribution < 1.29 is 13.6 Å². The molecule has 1 unspecified atom stereocenters. The molecule has 8 heteroatoms. The van der Waals surface area contributed by atoms with E-state index in [9.17, 15) is 13.6 Å². The Morgan fingerprint density at radius 3 is 2.79 bits per heavy atom. The van der Waals surface area contributed by atoms with Gasteiger partial charge in [0.05, 0.1) is 18.3 Å². The van der Waals surface area contributed by atoms with Crippen LogP contribution in [0.15, 0.2) is 56.4 Å². The van der Waals surface area contributed by atoms with E-state index in [1.165, 1.54) is 24.3 Å². The van der Waals surface area contributed by atoms with Crippen molar-refractivity contribution in [1.29, 1.82) is 0 Å². The molecule has 0 radical (unpaired) electrons. The Kier molecular flexibility index (Phi) is 9.47. The van der Waals surface area contributed by atoms with Crippen LogP contribution in [0.25, 0.3) is 0 Å². The zero-order valence-corrected chi connectivity index (χ0v) is 20.3. The van der Waals surface area contributed by atoms with Gasteiger partial charge in [0, 0.05) is 48.5 Å². The number of hydrogen-bond acceptors (Lipinski definition) is 5. The minimum atomic E-state index is -2.39. The first kappa shape index (κ1) is 25.4. The number of rotatable bonds is 9. The highest BCUT2D eigenvalue weighted by atomic mass is 32.2. The third kappa shape index (κ3) is 6.65. The van der Waals surface area contributed by atoms with Gasteiger partial charge in [-0.1, -0.05) is 49.8 Å². The van der Waals surface area contributed by atoms with Crippen LogP contribution in [0.4, 0.5) is 8.78 Å². The first-order chi connectivity index (χ1) is 15.9. The third-order valence-corrected chi connectivity index (χ3v) is 7.09. The van der Waals surface area contributed by atoms with Crippen LogP contribution in [0, 0.1) is 5.92 Å². The van der Waals surface area contributed by atoms with E-state index in [1.54, 1.807) is 13.1 Å². The van der Waals surface area contributed by atoms with Crippen LogP contribution in [0.2, 0.25) is 0 Å². The molecule has 180 valence electrons. The number of carbonyl (C=O) groups excluding carboxylic acids is 1. The summed E-state index contributed by atoms with van der Waals surface area (Å²) in [4.78, 5) is 25.0. The lowest BCUT2D eigenvalue weighted by Crippen LogP contribution is -2.42. The lowest BCUT2D eigenvalue weighted by Gasteiger charge is -2.29. The minimum absolute atomic E-state index is 0.0320. The number of nitrogens with one attached hydrogen (secondary N) is 1. The number of fused-ring (bicyclic) bond motifs is 1. The predicted molar refractivity (Wildman–Crippen MR) is 134 cm³/mol. The van der Waals surface area contributed by atoms with E-state index in [1.807, 2.05) is 18.4 Å². The summed E-state index contributed by atoms with van der Waals surface area (Å²) >= 11 is 1.52. The molecule has 1 aliphatic carbocycles. The number of halogens is 2. The number of amides is 1. The van der Waals surface area contributed by atoms with Crippen LogP contribution in [-0.4, -0.2) is 55.0 Å². The molecule has 1 atom stereocenters. The Morgan fingerprint density at radius 1 is 1.36 bits per heavy atom. The highest BCUT2D eigenvalue weighted by Gasteiger charge is 2.37. The highest BCUT2D eigenvalue weighted by Crippen LogP contribution is 2.34. The zero-order valence-electron chi connectivity index (χ0n) is 19.5. The molecule has 3 rings (SSSR count). The smallest absolute Gasteiger partial charge is 0.242 e. The van der Waals surface area contributed by atoms with Crippen molar-refractivity contribution in [1.82, 2.24) is 10.2 Å². The number of alkyl halides is 2. The largest absolute Gasteiger partial charge is 0.351 e. The van der Waals surface area contributed by atoms with Crippen LogP contribution in [0.3, 0.4) is 0 Å². The maximum Gasteiger partial charge on any atom is 0.242 e. The van der Waals surface area contributed by atoms with E-state index in [0.717, 1.165) is 47.7 Å². The highest BCUT2D eigenvalue weighted by molar-refractivity contribution is 8.06. The Balaban J connectivity index is 1.82. The van der Waals surface area contributed by atoms with Crippen molar-refractivity contribution in [3.8, 4) is 0 Å². The third-order valence-electron chi connectivity index (χ3n) is 6.22. The van der Waals surface area contributed by atoms with Crippen LogP contribution >= 0.6 is 11.8 Å². The molecule has 33 heavy (non-hydrogen) atoms. The van der Waals surface area contributed by atoms with Crippen LogP contribution in [0.1, 0.15) is 51.9 Å². The number of aliphatic imine (C=N–C) groups is 2. The van der Waals surface area contributed by atoms with E-state index in [2.05, 4.69) is 21.8 Å². The molecule has 0 aromatic rings. The second kappa shape index (κ2) is 12.3. The molecule has 1 saturated heterocycles. The number of carbonyl (C=O) groups is 1. The first-order valence-corrected chi connectivity index (χ1v) is 12.6. The fourth-order valence-corrected chi connectivity index (χ4v) is 5.19. The van der Waals surface area contributed by atoms with Crippen LogP contribution < -0.4 is 5.32 Å². The maximum atomic E-state index is 12.9. The molecule has 2 fully saturated rings. The Labute approximate surface area is 199 Å². The summed E-state index contributed by atoms with van der Waals surface area (Å²) in [6, 6.07) is -0.0320. The molecular weight excluding hydrogens is 442 g/mol. The van der Waals surface area contributed by atoms with E-state index in [0.29, 0.717) is 25.2 Å². The molecule has 2 heterocycles. The molecule has 1 saturated carbocycles. The lowest BCUT2D eigenvalue weighted by molar-refractivity contribution is -0.126. The van der Waals surface area contributed by atoms with Gasteiger partial charge in [0.1, 0.15) is 5.84 Å². The van der Waals surface area contributed by atoms with Crippen molar-refractivity contribution in [3.05, 3.63) is 46.4 Å². The molecule has 0 spiro atoms. The summed E-state index contributed by atoms with van der Waals surface area (Å²) in [6.45, 7) is 7.17. The normalized spacial score (nSPS) is 22.5. The maximum absolute atomic E-state index is 12.9. The van der Waals surface area contributed by atoms with Crippen molar-refractivity contribution in [3.63, 3.8) is 0 Å². The average molecular weight is 477 g/mol. The number of nitrogens with zero attached hydrogens (tertiary/aromatic N) is 3. The van der Waals surface area contributed by atoms with Crippen LogP contribution in [0.5, 0.6) is 0 Å². The van der Waals surface area contributed by atoms with Gasteiger partial charge in [-0.2, -0.15) is 0 Å². The van der Waals surface area contributed by atoms with E-state index >= 15 is 0 Å². The second-order valence-electron chi connectivity index (χ2n) is 8.57. The Hall–Kier alpha value is -2.22. The summed E-state index contributed by atoms with van der Waals surface area (Å²) < 4.78 is 25.2. The second-order valence-corrected chi connectivity index (χ2v) is 9.57. The van der Waals surface area contributed by atoms with Gasteiger partial charge in [0.15, 0.2) is 0 Å². The fourth-order valence-electron chi connectivity index (χ4n) is 4.61. The Bertz CT molecular complexity index is 885. The van der Waals surface area contributed by atoms with E-state index < -0.39 is 6.43 Å². The monoisotopic (exact) mass is 476 g/mol. The van der Waals surface area contributed by atoms with Gasteiger partial charge in [0.2, 0.25) is 12.3 Å².